The predicted octanol–water partition coefficient (Wildman–Crippen LogP) is 2.67. The van der Waals surface area contributed by atoms with E-state index in [9.17, 15) is 15.0 Å². The van der Waals surface area contributed by atoms with Gasteiger partial charge in [-0.3, -0.25) is 4.79 Å². The maximum absolute atomic E-state index is 11.8. The molecule has 1 aromatic rings. The van der Waals surface area contributed by atoms with Crippen molar-refractivity contribution >= 4 is 27.4 Å². The van der Waals surface area contributed by atoms with Crippen molar-refractivity contribution in [2.75, 3.05) is 5.73 Å². The van der Waals surface area contributed by atoms with Crippen molar-refractivity contribution in [2.45, 2.75) is 20.3 Å². The summed E-state index contributed by atoms with van der Waals surface area (Å²) >= 11 is 3.07. The van der Waals surface area contributed by atoms with E-state index >= 15 is 0 Å². The number of rotatable bonds is 3. The number of nitrogen functional groups attached to an aromatic ring is 1. The summed E-state index contributed by atoms with van der Waals surface area (Å²) in [5.74, 6) is -0.606. The van der Waals surface area contributed by atoms with Crippen LogP contribution >= 0.6 is 15.9 Å². The number of anilines is 1. The first kappa shape index (κ1) is 12.8. The molecule has 0 aliphatic heterocycles. The van der Waals surface area contributed by atoms with Crippen molar-refractivity contribution in [1.29, 1.82) is 0 Å². The fourth-order valence-electron chi connectivity index (χ4n) is 1.34. The Balaban J connectivity index is 3.20. The molecule has 4 nitrogen and oxygen atoms in total. The van der Waals surface area contributed by atoms with Crippen LogP contribution in [0.25, 0.3) is 0 Å². The number of carbonyl (C=O) groups is 1. The minimum atomic E-state index is -0.355. The lowest BCUT2D eigenvalue weighted by Crippen LogP contribution is -2.05. The van der Waals surface area contributed by atoms with E-state index in [1.54, 1.807) is 0 Å². The zero-order valence-electron chi connectivity index (χ0n) is 9.12. The molecule has 0 fully saturated rings. The Kier molecular flexibility index (Phi) is 3.80. The first-order valence-electron chi connectivity index (χ1n) is 4.87. The predicted molar refractivity (Wildman–Crippen MR) is 65.7 cm³/mol. The summed E-state index contributed by atoms with van der Waals surface area (Å²) < 4.78 is 0.301. The normalized spacial score (nSPS) is 10.8. The number of nitrogens with two attached hydrogens (primary N) is 1. The third-order valence-corrected chi connectivity index (χ3v) is 2.76. The van der Waals surface area contributed by atoms with Crippen molar-refractivity contribution in [3.05, 3.63) is 16.1 Å². The van der Waals surface area contributed by atoms with Crippen molar-refractivity contribution in [3.63, 3.8) is 0 Å². The Bertz CT molecular complexity index is 430. The average Bonchev–Trinajstić information content (AvgIpc) is 2.19. The fourth-order valence-corrected chi connectivity index (χ4v) is 1.79. The molecular weight excluding hydrogens is 274 g/mol. The molecule has 0 aliphatic carbocycles. The van der Waals surface area contributed by atoms with Gasteiger partial charge in [-0.1, -0.05) is 13.8 Å². The zero-order chi connectivity index (χ0) is 12.5. The van der Waals surface area contributed by atoms with Crippen LogP contribution in [-0.2, 0) is 0 Å². The molecular formula is C11H14BrNO3. The molecule has 1 aromatic carbocycles. The third-order valence-electron chi connectivity index (χ3n) is 2.16. The molecule has 0 saturated heterocycles. The number of phenols is 2. The Morgan fingerprint density at radius 1 is 1.44 bits per heavy atom. The van der Waals surface area contributed by atoms with Crippen LogP contribution in [0.2, 0.25) is 0 Å². The highest BCUT2D eigenvalue weighted by molar-refractivity contribution is 9.10. The summed E-state index contributed by atoms with van der Waals surface area (Å²) in [6.07, 6.45) is 0.324. The number of aromatic hydroxyl groups is 2. The summed E-state index contributed by atoms with van der Waals surface area (Å²) in [5, 5.41) is 19.1. The minimum absolute atomic E-state index is 0.135. The van der Waals surface area contributed by atoms with Gasteiger partial charge in [0.2, 0.25) is 0 Å². The zero-order valence-corrected chi connectivity index (χ0v) is 10.7. The van der Waals surface area contributed by atoms with E-state index < -0.39 is 0 Å². The molecule has 4 N–H and O–H groups in total. The van der Waals surface area contributed by atoms with E-state index in [1.165, 1.54) is 6.07 Å². The van der Waals surface area contributed by atoms with E-state index in [-0.39, 0.29) is 34.5 Å². The van der Waals surface area contributed by atoms with Crippen LogP contribution < -0.4 is 5.73 Å². The van der Waals surface area contributed by atoms with Gasteiger partial charge in [-0.05, 0) is 27.9 Å². The van der Waals surface area contributed by atoms with Gasteiger partial charge in [-0.25, -0.2) is 0 Å². The smallest absolute Gasteiger partial charge is 0.166 e. The Labute approximate surface area is 102 Å². The van der Waals surface area contributed by atoms with Crippen LogP contribution in [0.1, 0.15) is 30.6 Å². The van der Waals surface area contributed by atoms with Crippen LogP contribution in [-0.4, -0.2) is 16.0 Å². The highest BCUT2D eigenvalue weighted by atomic mass is 79.9. The molecule has 0 aromatic heterocycles. The molecule has 0 atom stereocenters. The van der Waals surface area contributed by atoms with Crippen molar-refractivity contribution in [1.82, 2.24) is 0 Å². The minimum Gasteiger partial charge on any atom is -0.505 e. The van der Waals surface area contributed by atoms with Crippen LogP contribution in [0, 0.1) is 5.92 Å². The third kappa shape index (κ3) is 2.47. The number of hydrogen-bond acceptors (Lipinski definition) is 4. The summed E-state index contributed by atoms with van der Waals surface area (Å²) in [5.41, 5.74) is 5.43. The number of halogens is 1. The lowest BCUT2D eigenvalue weighted by Gasteiger charge is -2.10. The quantitative estimate of drug-likeness (QED) is 0.453. The second-order valence-corrected chi connectivity index (χ2v) is 4.89. The van der Waals surface area contributed by atoms with Crippen LogP contribution in [0.4, 0.5) is 5.69 Å². The Hall–Kier alpha value is -1.23. The standard InChI is InChI=1S/C11H14BrNO3/c1-5(2)3-8(14)6-4-7(12)11(16)9(13)10(6)15/h4-5,15-16H,3,13H2,1-2H3. The molecule has 0 bridgehead atoms. The second-order valence-electron chi connectivity index (χ2n) is 4.04. The molecule has 5 heteroatoms. The van der Waals surface area contributed by atoms with Gasteiger partial charge in [0, 0.05) is 6.42 Å². The number of Topliss-reactive ketones (excluding diaryl/α,β-unsaturated/α-hetero) is 1. The molecule has 0 radical (unpaired) electrons. The first-order valence-corrected chi connectivity index (χ1v) is 5.67. The largest absolute Gasteiger partial charge is 0.505 e. The molecule has 0 aliphatic rings. The van der Waals surface area contributed by atoms with E-state index in [0.29, 0.717) is 10.9 Å². The molecule has 0 unspecified atom stereocenters. The summed E-state index contributed by atoms with van der Waals surface area (Å²) in [4.78, 5) is 11.8. The van der Waals surface area contributed by atoms with E-state index in [1.807, 2.05) is 13.8 Å². The SMILES string of the molecule is CC(C)CC(=O)c1cc(Br)c(O)c(N)c1O. The average molecular weight is 288 g/mol. The maximum Gasteiger partial charge on any atom is 0.166 e. The van der Waals surface area contributed by atoms with Gasteiger partial charge in [-0.15, -0.1) is 0 Å². The number of phenolic OH excluding ortho intramolecular Hbond substituents is 2. The lowest BCUT2D eigenvalue weighted by atomic mass is 10.00. The second kappa shape index (κ2) is 4.74. The summed E-state index contributed by atoms with van der Waals surface area (Å²) in [7, 11) is 0. The van der Waals surface area contributed by atoms with Crippen LogP contribution in [0.15, 0.2) is 10.5 Å². The Morgan fingerprint density at radius 2 is 2.00 bits per heavy atom. The topological polar surface area (TPSA) is 83.5 Å². The first-order chi connectivity index (χ1) is 7.34. The number of benzene rings is 1. The maximum atomic E-state index is 11.8. The van der Waals surface area contributed by atoms with E-state index in [4.69, 9.17) is 5.73 Å². The number of carbonyl (C=O) groups excluding carboxylic acids is 1. The lowest BCUT2D eigenvalue weighted by molar-refractivity contribution is 0.0965. The van der Waals surface area contributed by atoms with Gasteiger partial charge >= 0.3 is 0 Å². The summed E-state index contributed by atoms with van der Waals surface area (Å²) in [6, 6.07) is 1.38. The van der Waals surface area contributed by atoms with Crippen LogP contribution in [0.5, 0.6) is 11.5 Å². The molecule has 0 saturated carbocycles. The van der Waals surface area contributed by atoms with Crippen molar-refractivity contribution < 1.29 is 15.0 Å². The number of ketones is 1. The van der Waals surface area contributed by atoms with E-state index in [0.717, 1.165) is 0 Å². The van der Waals surface area contributed by atoms with Gasteiger partial charge in [0.1, 0.15) is 5.69 Å². The monoisotopic (exact) mass is 287 g/mol. The van der Waals surface area contributed by atoms with Crippen molar-refractivity contribution in [2.24, 2.45) is 5.92 Å². The molecule has 0 heterocycles. The van der Waals surface area contributed by atoms with E-state index in [2.05, 4.69) is 15.9 Å². The Morgan fingerprint density at radius 3 is 2.50 bits per heavy atom. The molecule has 1 rings (SSSR count). The van der Waals surface area contributed by atoms with Crippen LogP contribution in [0.3, 0.4) is 0 Å². The van der Waals surface area contributed by atoms with Gasteiger partial charge in [-0.2, -0.15) is 0 Å². The van der Waals surface area contributed by atoms with Crippen molar-refractivity contribution in [3.8, 4) is 11.5 Å². The highest BCUT2D eigenvalue weighted by Gasteiger charge is 2.19. The molecule has 0 spiro atoms. The molecule has 0 amide bonds. The molecule has 88 valence electrons. The highest BCUT2D eigenvalue weighted by Crippen LogP contribution is 2.40. The summed E-state index contributed by atoms with van der Waals surface area (Å²) in [6.45, 7) is 3.82. The number of hydrogen-bond donors (Lipinski definition) is 3. The molecule has 16 heavy (non-hydrogen) atoms. The van der Waals surface area contributed by atoms with Gasteiger partial charge in [0.25, 0.3) is 0 Å². The van der Waals surface area contributed by atoms with Gasteiger partial charge < -0.3 is 15.9 Å². The fraction of sp³-hybridized carbons (Fsp3) is 0.364. The van der Waals surface area contributed by atoms with Gasteiger partial charge in [0.05, 0.1) is 10.0 Å². The van der Waals surface area contributed by atoms with Gasteiger partial charge in [0.15, 0.2) is 17.3 Å².